The Labute approximate surface area is 125 Å². The minimum atomic E-state index is -0.470. The molecule has 3 heteroatoms. The molecule has 2 nitrogen and oxygen atoms in total. The molecule has 1 amide bonds. The number of amides is 1. The fraction of sp³-hybridized carbons (Fsp3) is 0.562. The molecule has 0 saturated heterocycles. The molecule has 1 aromatic rings. The number of halogens is 1. The lowest BCUT2D eigenvalue weighted by atomic mass is 9.84. The zero-order valence-corrected chi connectivity index (χ0v) is 13.7. The quantitative estimate of drug-likeness (QED) is 0.598. The predicted octanol–water partition coefficient (Wildman–Crippen LogP) is 3.89. The maximum atomic E-state index is 12.3. The van der Waals surface area contributed by atoms with Crippen LogP contribution in [0.2, 0.25) is 0 Å². The average molecular weight is 326 g/mol. The number of benzene rings is 1. The topological polar surface area (TPSA) is 29.1 Å². The Morgan fingerprint density at radius 3 is 2.53 bits per heavy atom. The van der Waals surface area contributed by atoms with Crippen LogP contribution < -0.4 is 5.32 Å². The van der Waals surface area contributed by atoms with Crippen LogP contribution in [0.25, 0.3) is 0 Å². The summed E-state index contributed by atoms with van der Waals surface area (Å²) in [6.07, 6.45) is 2.17. The minimum absolute atomic E-state index is 0.102. The molecule has 0 saturated carbocycles. The number of hydrogen-bond donors (Lipinski definition) is 1. The summed E-state index contributed by atoms with van der Waals surface area (Å²) in [7, 11) is 0. The number of carbonyl (C=O) groups is 1. The van der Waals surface area contributed by atoms with E-state index in [2.05, 4.69) is 28.2 Å². The molecule has 0 spiro atoms. The number of hydrogen-bond acceptors (Lipinski definition) is 1. The highest BCUT2D eigenvalue weighted by atomic mass is 79.9. The largest absolute Gasteiger partial charge is 0.355 e. The van der Waals surface area contributed by atoms with Crippen molar-refractivity contribution in [3.8, 4) is 0 Å². The molecule has 1 N–H and O–H groups in total. The van der Waals surface area contributed by atoms with Crippen molar-refractivity contribution in [2.24, 2.45) is 5.92 Å². The van der Waals surface area contributed by atoms with E-state index < -0.39 is 5.41 Å². The standard InChI is InChI=1S/C16H24BrNO/c1-13(12-17)8-7-11-18-15(19)16(2,3)14-9-5-4-6-10-14/h4-6,9-10,13H,7-8,11-12H2,1-3H3,(H,18,19). The molecule has 0 aliphatic heterocycles. The SMILES string of the molecule is CC(CBr)CCCNC(=O)C(C)(C)c1ccccc1. The van der Waals surface area contributed by atoms with Gasteiger partial charge in [-0.15, -0.1) is 0 Å². The molecule has 0 fully saturated rings. The lowest BCUT2D eigenvalue weighted by Gasteiger charge is -2.24. The van der Waals surface area contributed by atoms with Gasteiger partial charge in [-0.1, -0.05) is 53.2 Å². The fourth-order valence-corrected chi connectivity index (χ4v) is 2.26. The van der Waals surface area contributed by atoms with Crippen LogP contribution in [0.4, 0.5) is 0 Å². The van der Waals surface area contributed by atoms with Crippen LogP contribution in [0.3, 0.4) is 0 Å². The van der Waals surface area contributed by atoms with E-state index in [4.69, 9.17) is 0 Å². The molecule has 1 atom stereocenters. The van der Waals surface area contributed by atoms with Crippen LogP contribution in [0.15, 0.2) is 30.3 Å². The van der Waals surface area contributed by atoms with Gasteiger partial charge in [0.05, 0.1) is 5.41 Å². The molecular formula is C16H24BrNO. The van der Waals surface area contributed by atoms with Gasteiger partial charge in [0.1, 0.15) is 0 Å². The van der Waals surface area contributed by atoms with Crippen molar-refractivity contribution in [2.75, 3.05) is 11.9 Å². The van der Waals surface area contributed by atoms with E-state index in [1.165, 1.54) is 0 Å². The van der Waals surface area contributed by atoms with E-state index in [0.29, 0.717) is 5.92 Å². The number of rotatable bonds is 7. The van der Waals surface area contributed by atoms with Gasteiger partial charge < -0.3 is 5.32 Å². The van der Waals surface area contributed by atoms with Crippen molar-refractivity contribution < 1.29 is 4.79 Å². The molecule has 1 aromatic carbocycles. The summed E-state index contributed by atoms with van der Waals surface area (Å²) in [6, 6.07) is 9.93. The molecule has 0 aromatic heterocycles. The summed E-state index contributed by atoms with van der Waals surface area (Å²) in [5.41, 5.74) is 0.587. The third-order valence-electron chi connectivity index (χ3n) is 3.49. The smallest absolute Gasteiger partial charge is 0.230 e. The first-order valence-corrected chi connectivity index (χ1v) is 8.00. The van der Waals surface area contributed by atoms with E-state index in [1.807, 2.05) is 44.2 Å². The maximum absolute atomic E-state index is 12.3. The lowest BCUT2D eigenvalue weighted by molar-refractivity contribution is -0.125. The summed E-state index contributed by atoms with van der Waals surface area (Å²) in [5.74, 6) is 0.768. The van der Waals surface area contributed by atoms with E-state index in [0.717, 1.165) is 30.3 Å². The van der Waals surface area contributed by atoms with Crippen LogP contribution in [-0.4, -0.2) is 17.8 Å². The molecule has 0 heterocycles. The third kappa shape index (κ3) is 4.98. The Balaban J connectivity index is 2.45. The lowest BCUT2D eigenvalue weighted by Crippen LogP contribution is -2.40. The van der Waals surface area contributed by atoms with Gasteiger partial charge in [-0.05, 0) is 38.2 Å². The minimum Gasteiger partial charge on any atom is -0.355 e. The molecule has 0 bridgehead atoms. The highest BCUT2D eigenvalue weighted by Gasteiger charge is 2.28. The van der Waals surface area contributed by atoms with Gasteiger partial charge in [-0.25, -0.2) is 0 Å². The van der Waals surface area contributed by atoms with Gasteiger partial charge in [-0.3, -0.25) is 4.79 Å². The van der Waals surface area contributed by atoms with Crippen molar-refractivity contribution in [2.45, 2.75) is 39.0 Å². The second-order valence-corrected chi connectivity index (χ2v) is 6.30. The Bertz CT molecular complexity index is 389. The zero-order chi connectivity index (χ0) is 14.3. The maximum Gasteiger partial charge on any atom is 0.230 e. The van der Waals surface area contributed by atoms with E-state index in [1.54, 1.807) is 0 Å². The molecule has 0 aliphatic rings. The Kier molecular flexibility index (Phi) is 6.56. The summed E-state index contributed by atoms with van der Waals surface area (Å²) in [5, 5.41) is 4.07. The summed E-state index contributed by atoms with van der Waals surface area (Å²) in [4.78, 5) is 12.3. The molecular weight excluding hydrogens is 302 g/mol. The van der Waals surface area contributed by atoms with Gasteiger partial charge in [0.15, 0.2) is 0 Å². The Morgan fingerprint density at radius 2 is 1.95 bits per heavy atom. The first-order valence-electron chi connectivity index (χ1n) is 6.88. The van der Waals surface area contributed by atoms with Crippen LogP contribution >= 0.6 is 15.9 Å². The van der Waals surface area contributed by atoms with Crippen molar-refractivity contribution >= 4 is 21.8 Å². The van der Waals surface area contributed by atoms with Crippen molar-refractivity contribution in [1.82, 2.24) is 5.32 Å². The van der Waals surface area contributed by atoms with Crippen LogP contribution in [0.1, 0.15) is 39.2 Å². The first kappa shape index (κ1) is 16.2. The van der Waals surface area contributed by atoms with Crippen LogP contribution in [0.5, 0.6) is 0 Å². The summed E-state index contributed by atoms with van der Waals surface area (Å²) < 4.78 is 0. The number of nitrogens with one attached hydrogen (secondary N) is 1. The zero-order valence-electron chi connectivity index (χ0n) is 12.1. The molecule has 0 aliphatic carbocycles. The monoisotopic (exact) mass is 325 g/mol. The second-order valence-electron chi connectivity index (χ2n) is 5.65. The van der Waals surface area contributed by atoms with E-state index >= 15 is 0 Å². The third-order valence-corrected chi connectivity index (χ3v) is 4.59. The van der Waals surface area contributed by atoms with Gasteiger partial charge in [0.25, 0.3) is 0 Å². The predicted molar refractivity (Wildman–Crippen MR) is 84.7 cm³/mol. The highest BCUT2D eigenvalue weighted by molar-refractivity contribution is 9.09. The van der Waals surface area contributed by atoms with Crippen molar-refractivity contribution in [3.05, 3.63) is 35.9 Å². The second kappa shape index (κ2) is 7.68. The molecule has 0 radical (unpaired) electrons. The average Bonchev–Trinajstić information content (AvgIpc) is 2.43. The molecule has 19 heavy (non-hydrogen) atoms. The number of carbonyl (C=O) groups excluding carboxylic acids is 1. The van der Waals surface area contributed by atoms with Crippen LogP contribution in [-0.2, 0) is 10.2 Å². The Hall–Kier alpha value is -0.830. The van der Waals surface area contributed by atoms with Crippen molar-refractivity contribution in [3.63, 3.8) is 0 Å². The number of alkyl halides is 1. The first-order chi connectivity index (χ1) is 8.98. The van der Waals surface area contributed by atoms with Gasteiger partial charge in [0, 0.05) is 11.9 Å². The van der Waals surface area contributed by atoms with Gasteiger partial charge in [0.2, 0.25) is 5.91 Å². The Morgan fingerprint density at radius 1 is 1.32 bits per heavy atom. The van der Waals surface area contributed by atoms with Crippen LogP contribution in [0, 0.1) is 5.92 Å². The molecule has 1 rings (SSSR count). The molecule has 1 unspecified atom stereocenters. The summed E-state index contributed by atoms with van der Waals surface area (Å²) >= 11 is 3.47. The van der Waals surface area contributed by atoms with Crippen molar-refractivity contribution in [1.29, 1.82) is 0 Å². The van der Waals surface area contributed by atoms with E-state index in [9.17, 15) is 4.79 Å². The van der Waals surface area contributed by atoms with Gasteiger partial charge >= 0.3 is 0 Å². The normalized spacial score (nSPS) is 13.1. The molecule has 106 valence electrons. The van der Waals surface area contributed by atoms with Gasteiger partial charge in [-0.2, -0.15) is 0 Å². The van der Waals surface area contributed by atoms with E-state index in [-0.39, 0.29) is 5.91 Å². The fourth-order valence-electron chi connectivity index (χ4n) is 1.94. The highest BCUT2D eigenvalue weighted by Crippen LogP contribution is 2.22. The summed E-state index contributed by atoms with van der Waals surface area (Å²) in [6.45, 7) is 6.91.